The molecule has 0 saturated heterocycles. The fourth-order valence-electron chi connectivity index (χ4n) is 3.29. The molecule has 0 bridgehead atoms. The Balaban J connectivity index is 1.58. The second-order valence-electron chi connectivity index (χ2n) is 6.93. The predicted octanol–water partition coefficient (Wildman–Crippen LogP) is 4.75. The molecule has 0 aliphatic carbocycles. The maximum absolute atomic E-state index is 13.0. The van der Waals surface area contributed by atoms with Crippen molar-refractivity contribution in [2.75, 3.05) is 19.4 Å². The highest BCUT2D eigenvalue weighted by Gasteiger charge is 2.13. The van der Waals surface area contributed by atoms with Crippen molar-refractivity contribution in [1.29, 1.82) is 0 Å². The van der Waals surface area contributed by atoms with Gasteiger partial charge in [-0.3, -0.25) is 10.0 Å². The molecule has 0 spiro atoms. The van der Waals surface area contributed by atoms with Gasteiger partial charge in [0.15, 0.2) is 16.9 Å². The molecule has 164 valence electrons. The molecule has 32 heavy (non-hydrogen) atoms. The molecule has 0 atom stereocenters. The normalized spacial score (nSPS) is 10.8. The molecule has 0 radical (unpaired) electrons. The van der Waals surface area contributed by atoms with Crippen LogP contribution < -0.4 is 24.9 Å². The minimum atomic E-state index is -0.202. The van der Waals surface area contributed by atoms with Crippen LogP contribution in [0.4, 0.5) is 5.69 Å². The standard InChI is InChI=1S/C24H20NO7/c1-29-21-10-5-16(11-23(21)30-2)20-14-32-22-12-18(8-9-19(22)24(20)26)31-13-15-3-6-17(7-4-15)25(27)28/h3-12,14,27H,13H2,1-2H3/q-1. The lowest BCUT2D eigenvalue weighted by molar-refractivity contribution is 0.295. The summed E-state index contributed by atoms with van der Waals surface area (Å²) in [6, 6.07) is 16.5. The van der Waals surface area contributed by atoms with E-state index in [4.69, 9.17) is 23.8 Å². The van der Waals surface area contributed by atoms with Crippen LogP contribution in [0.5, 0.6) is 17.2 Å². The van der Waals surface area contributed by atoms with Gasteiger partial charge in [-0.1, -0.05) is 18.2 Å². The summed E-state index contributed by atoms with van der Waals surface area (Å²) in [6.07, 6.45) is 1.41. The fraction of sp³-hybridized carbons (Fsp3) is 0.125. The number of ether oxygens (including phenoxy) is 3. The van der Waals surface area contributed by atoms with Crippen LogP contribution in [0, 0.1) is 5.21 Å². The summed E-state index contributed by atoms with van der Waals surface area (Å²) in [5.41, 5.74) is 2.22. The molecule has 0 aliphatic heterocycles. The summed E-state index contributed by atoms with van der Waals surface area (Å²) in [7, 11) is 3.08. The largest absolute Gasteiger partial charge is 0.733 e. The predicted molar refractivity (Wildman–Crippen MR) is 119 cm³/mol. The lowest BCUT2D eigenvalue weighted by atomic mass is 10.0. The van der Waals surface area contributed by atoms with E-state index in [1.54, 1.807) is 55.6 Å². The van der Waals surface area contributed by atoms with Crippen molar-refractivity contribution in [2.24, 2.45) is 0 Å². The number of benzene rings is 3. The van der Waals surface area contributed by atoms with Crippen LogP contribution in [0.25, 0.3) is 22.1 Å². The molecule has 4 aromatic rings. The lowest BCUT2D eigenvalue weighted by Gasteiger charge is -2.21. The second-order valence-corrected chi connectivity index (χ2v) is 6.93. The third-order valence-electron chi connectivity index (χ3n) is 5.00. The van der Waals surface area contributed by atoms with E-state index in [2.05, 4.69) is 0 Å². The van der Waals surface area contributed by atoms with E-state index < -0.39 is 0 Å². The number of anilines is 1. The summed E-state index contributed by atoms with van der Waals surface area (Å²) in [6.45, 7) is 0.240. The molecule has 0 amide bonds. The Morgan fingerprint density at radius 2 is 1.72 bits per heavy atom. The maximum Gasteiger partial charge on any atom is 0.200 e. The van der Waals surface area contributed by atoms with E-state index in [1.165, 1.54) is 25.5 Å². The SMILES string of the molecule is COc1ccc(-c2coc3cc(OCc4ccc(N([O-])O)cc4)ccc3c2=O)cc1OC. The Morgan fingerprint density at radius 3 is 2.41 bits per heavy atom. The van der Waals surface area contributed by atoms with Crippen molar-refractivity contribution in [3.63, 3.8) is 0 Å². The highest BCUT2D eigenvalue weighted by molar-refractivity contribution is 5.83. The van der Waals surface area contributed by atoms with Gasteiger partial charge in [0, 0.05) is 6.07 Å². The van der Waals surface area contributed by atoms with Gasteiger partial charge >= 0.3 is 0 Å². The summed E-state index contributed by atoms with van der Waals surface area (Å²) < 4.78 is 22.1. The Hall–Kier alpha value is -4.01. The minimum Gasteiger partial charge on any atom is -0.733 e. The van der Waals surface area contributed by atoms with Crippen molar-refractivity contribution >= 4 is 16.7 Å². The van der Waals surface area contributed by atoms with E-state index >= 15 is 0 Å². The quantitative estimate of drug-likeness (QED) is 0.416. The Kier molecular flexibility index (Phi) is 5.98. The first-order valence-electron chi connectivity index (χ1n) is 9.66. The smallest absolute Gasteiger partial charge is 0.200 e. The molecule has 8 nitrogen and oxygen atoms in total. The van der Waals surface area contributed by atoms with Crippen LogP contribution in [-0.4, -0.2) is 19.4 Å². The molecule has 0 fully saturated rings. The molecule has 1 heterocycles. The molecular weight excluding hydrogens is 414 g/mol. The highest BCUT2D eigenvalue weighted by atomic mass is 16.8. The van der Waals surface area contributed by atoms with E-state index in [9.17, 15) is 10.0 Å². The van der Waals surface area contributed by atoms with Crippen molar-refractivity contribution in [2.45, 2.75) is 6.61 Å². The third-order valence-corrected chi connectivity index (χ3v) is 5.00. The molecule has 0 unspecified atom stereocenters. The maximum atomic E-state index is 13.0. The molecule has 3 aromatic carbocycles. The molecule has 8 heteroatoms. The van der Waals surface area contributed by atoms with Gasteiger partial charge in [-0.15, -0.1) is 0 Å². The van der Waals surface area contributed by atoms with Crippen molar-refractivity contribution < 1.29 is 23.8 Å². The lowest BCUT2D eigenvalue weighted by Crippen LogP contribution is -2.07. The van der Waals surface area contributed by atoms with Gasteiger partial charge in [0.05, 0.1) is 30.9 Å². The fourth-order valence-corrected chi connectivity index (χ4v) is 3.29. The first-order valence-corrected chi connectivity index (χ1v) is 9.66. The van der Waals surface area contributed by atoms with Gasteiger partial charge < -0.3 is 29.1 Å². The van der Waals surface area contributed by atoms with Gasteiger partial charge in [0.2, 0.25) is 0 Å². The van der Waals surface area contributed by atoms with Crippen LogP contribution in [0.1, 0.15) is 5.56 Å². The number of methoxy groups -OCH3 is 2. The monoisotopic (exact) mass is 434 g/mol. The number of hydrogen-bond acceptors (Lipinski definition) is 8. The molecule has 1 N–H and O–H groups in total. The third kappa shape index (κ3) is 4.22. The van der Waals surface area contributed by atoms with E-state index in [0.717, 1.165) is 5.56 Å². The average molecular weight is 434 g/mol. The zero-order valence-corrected chi connectivity index (χ0v) is 17.4. The van der Waals surface area contributed by atoms with Crippen molar-refractivity contribution in [3.05, 3.63) is 87.9 Å². The van der Waals surface area contributed by atoms with Crippen LogP contribution in [-0.2, 0) is 6.61 Å². The minimum absolute atomic E-state index is 0.131. The second kappa shape index (κ2) is 9.01. The zero-order chi connectivity index (χ0) is 22.7. The van der Waals surface area contributed by atoms with Gasteiger partial charge in [-0.05, 0) is 47.5 Å². The Morgan fingerprint density at radius 1 is 0.969 bits per heavy atom. The summed E-state index contributed by atoms with van der Waals surface area (Å²) in [4.78, 5) is 13.0. The molecule has 0 saturated carbocycles. The van der Waals surface area contributed by atoms with Gasteiger partial charge in [-0.2, -0.15) is 0 Å². The van der Waals surface area contributed by atoms with Gasteiger partial charge in [0.1, 0.15) is 24.2 Å². The highest BCUT2D eigenvalue weighted by Crippen LogP contribution is 2.32. The number of hydrogen-bond donors (Lipinski definition) is 1. The van der Waals surface area contributed by atoms with Crippen molar-refractivity contribution in [1.82, 2.24) is 0 Å². The van der Waals surface area contributed by atoms with E-state index in [-0.39, 0.29) is 22.9 Å². The molecule has 0 aliphatic rings. The first kappa shape index (κ1) is 21.2. The number of fused-ring (bicyclic) bond motifs is 1. The average Bonchev–Trinajstić information content (AvgIpc) is 2.82. The zero-order valence-electron chi connectivity index (χ0n) is 17.4. The van der Waals surface area contributed by atoms with Crippen LogP contribution in [0.2, 0.25) is 0 Å². The molecule has 4 rings (SSSR count). The van der Waals surface area contributed by atoms with Crippen LogP contribution in [0.15, 0.2) is 76.1 Å². The van der Waals surface area contributed by atoms with Crippen LogP contribution >= 0.6 is 0 Å². The number of rotatable bonds is 7. The Bertz CT molecular complexity index is 1300. The summed E-state index contributed by atoms with van der Waals surface area (Å²) in [5.74, 6) is 1.61. The first-order chi connectivity index (χ1) is 15.5. The van der Waals surface area contributed by atoms with Gasteiger partial charge in [0.25, 0.3) is 0 Å². The van der Waals surface area contributed by atoms with Crippen molar-refractivity contribution in [3.8, 4) is 28.4 Å². The van der Waals surface area contributed by atoms with Gasteiger partial charge in [-0.25, -0.2) is 0 Å². The topological polar surface area (TPSA) is 104 Å². The number of nitrogens with zero attached hydrogens (tertiary/aromatic N) is 1. The summed E-state index contributed by atoms with van der Waals surface area (Å²) >= 11 is 0. The molecule has 1 aromatic heterocycles. The summed E-state index contributed by atoms with van der Waals surface area (Å²) in [5, 5.41) is 20.0. The van der Waals surface area contributed by atoms with Crippen LogP contribution in [0.3, 0.4) is 0 Å². The van der Waals surface area contributed by atoms with E-state index in [1.807, 2.05) is 0 Å². The van der Waals surface area contributed by atoms with E-state index in [0.29, 0.717) is 39.3 Å². The molecular formula is C24H20NO7-. The Labute approximate surface area is 183 Å².